The lowest BCUT2D eigenvalue weighted by atomic mass is 9.86. The monoisotopic (exact) mass is 513 g/mol. The molecule has 0 saturated carbocycles. The lowest BCUT2D eigenvalue weighted by Crippen LogP contribution is -2.45. The summed E-state index contributed by atoms with van der Waals surface area (Å²) in [4.78, 5) is 14.5. The molecule has 2 aliphatic rings. The van der Waals surface area contributed by atoms with Crippen LogP contribution in [0.25, 0.3) is 0 Å². The molecule has 0 radical (unpaired) electrons. The minimum absolute atomic E-state index is 0.0666. The first-order valence-electron chi connectivity index (χ1n) is 12.3. The normalized spacial score (nSPS) is 21.5. The van der Waals surface area contributed by atoms with E-state index in [0.717, 1.165) is 49.8 Å². The minimum atomic E-state index is -4.02. The summed E-state index contributed by atoms with van der Waals surface area (Å²) >= 11 is 0. The van der Waals surface area contributed by atoms with Gasteiger partial charge in [-0.05, 0) is 86.4 Å². The summed E-state index contributed by atoms with van der Waals surface area (Å²) < 4.78 is 29.6. The fourth-order valence-electron chi connectivity index (χ4n) is 5.13. The zero-order chi connectivity index (χ0) is 26.5. The largest absolute Gasteiger partial charge is 0.508 e. The van der Waals surface area contributed by atoms with Crippen molar-refractivity contribution in [3.8, 4) is 11.8 Å². The summed E-state index contributed by atoms with van der Waals surface area (Å²) in [6.07, 6.45) is 4.42. The number of hydrogen-bond acceptors (Lipinski definition) is 6. The lowest BCUT2D eigenvalue weighted by Gasteiger charge is -2.23. The molecule has 2 heterocycles. The van der Waals surface area contributed by atoms with Crippen molar-refractivity contribution in [3.05, 3.63) is 58.7 Å². The summed E-state index contributed by atoms with van der Waals surface area (Å²) in [5.74, 6) is 0.663. The number of phenolic OH excluding ortho intramolecular Hbond substituents is 1. The molecular weight excluding hydrogens is 478 g/mol. The Bertz CT molecular complexity index is 1220. The second-order valence-corrected chi connectivity index (χ2v) is 11.0. The highest BCUT2D eigenvalue weighted by Gasteiger charge is 2.38. The van der Waals surface area contributed by atoms with Crippen molar-refractivity contribution >= 4 is 16.0 Å². The highest BCUT2D eigenvalue weighted by Crippen LogP contribution is 2.35. The molecule has 8 nitrogen and oxygen atoms in total. The van der Waals surface area contributed by atoms with E-state index in [4.69, 9.17) is 4.55 Å². The Morgan fingerprint density at radius 3 is 2.53 bits per heavy atom. The molecule has 0 bridgehead atoms. The Kier molecular flexibility index (Phi) is 9.12. The van der Waals surface area contributed by atoms with Gasteiger partial charge in [-0.3, -0.25) is 9.35 Å². The van der Waals surface area contributed by atoms with Crippen molar-refractivity contribution in [2.45, 2.75) is 75.8 Å². The molecule has 0 unspecified atom stereocenters. The number of rotatable bonds is 5. The zero-order valence-corrected chi connectivity index (χ0v) is 21.9. The van der Waals surface area contributed by atoms with Gasteiger partial charge >= 0.3 is 0 Å². The van der Waals surface area contributed by atoms with Gasteiger partial charge in [-0.25, -0.2) is 0 Å². The molecule has 2 saturated heterocycles. The average molecular weight is 514 g/mol. The van der Waals surface area contributed by atoms with Crippen LogP contribution in [-0.2, 0) is 21.3 Å². The van der Waals surface area contributed by atoms with E-state index in [1.54, 1.807) is 17.0 Å². The summed E-state index contributed by atoms with van der Waals surface area (Å²) in [7, 11) is -4.02. The first-order valence-corrected chi connectivity index (χ1v) is 13.8. The zero-order valence-electron chi connectivity index (χ0n) is 21.1. The van der Waals surface area contributed by atoms with Gasteiger partial charge in [-0.15, -0.1) is 0 Å². The van der Waals surface area contributed by atoms with Crippen LogP contribution in [0.1, 0.15) is 60.8 Å². The van der Waals surface area contributed by atoms with Gasteiger partial charge in [0.2, 0.25) is 5.91 Å². The number of hydrogen-bond donors (Lipinski definition) is 3. The van der Waals surface area contributed by atoms with Gasteiger partial charge in [0.1, 0.15) is 11.8 Å². The Hall–Kier alpha value is -2.93. The van der Waals surface area contributed by atoms with Gasteiger partial charge in [0.15, 0.2) is 0 Å². The fourth-order valence-corrected chi connectivity index (χ4v) is 5.61. The van der Waals surface area contributed by atoms with Gasteiger partial charge in [-0.2, -0.15) is 13.7 Å². The predicted octanol–water partition coefficient (Wildman–Crippen LogP) is 3.85. The van der Waals surface area contributed by atoms with Crippen molar-refractivity contribution in [2.24, 2.45) is 0 Å². The molecule has 36 heavy (non-hydrogen) atoms. The number of aromatic hydroxyl groups is 1. The molecule has 9 heteroatoms. The number of benzene rings is 2. The first-order chi connectivity index (χ1) is 17.0. The summed E-state index contributed by atoms with van der Waals surface area (Å²) in [6.45, 7) is 7.48. The van der Waals surface area contributed by atoms with E-state index in [1.807, 2.05) is 26.0 Å². The van der Waals surface area contributed by atoms with Crippen molar-refractivity contribution in [1.29, 1.82) is 5.26 Å². The molecule has 4 rings (SSSR count). The van der Waals surface area contributed by atoms with Gasteiger partial charge < -0.3 is 15.3 Å². The molecule has 0 spiro atoms. The molecule has 2 aromatic carbocycles. The van der Waals surface area contributed by atoms with Crippen molar-refractivity contribution in [2.75, 3.05) is 13.1 Å². The van der Waals surface area contributed by atoms with Crippen LogP contribution in [0.15, 0.2) is 41.3 Å². The molecule has 2 fully saturated rings. The Balaban J connectivity index is 0.000000275. The molecule has 0 aromatic heterocycles. The van der Waals surface area contributed by atoms with Crippen LogP contribution >= 0.6 is 0 Å². The van der Waals surface area contributed by atoms with E-state index in [9.17, 15) is 23.6 Å². The number of nitrogens with zero attached hydrogens (tertiary/aromatic N) is 2. The third kappa shape index (κ3) is 6.64. The number of aryl methyl sites for hydroxylation is 3. The van der Waals surface area contributed by atoms with Gasteiger partial charge in [0, 0.05) is 13.1 Å². The maximum absolute atomic E-state index is 12.8. The fraction of sp³-hybridized carbons (Fsp3) is 0.481. The molecule has 3 N–H and O–H groups in total. The van der Waals surface area contributed by atoms with E-state index in [1.165, 1.54) is 23.3 Å². The Morgan fingerprint density at radius 1 is 1.22 bits per heavy atom. The van der Waals surface area contributed by atoms with E-state index >= 15 is 0 Å². The molecule has 3 atom stereocenters. The maximum atomic E-state index is 12.8. The van der Waals surface area contributed by atoms with Crippen LogP contribution in [-0.4, -0.2) is 54.1 Å². The van der Waals surface area contributed by atoms with Crippen LogP contribution in [0.3, 0.4) is 0 Å². The van der Waals surface area contributed by atoms with Crippen LogP contribution < -0.4 is 5.32 Å². The first kappa shape index (κ1) is 27.7. The summed E-state index contributed by atoms with van der Waals surface area (Å²) in [6, 6.07) is 11.5. The van der Waals surface area contributed by atoms with Gasteiger partial charge in [-0.1, -0.05) is 31.0 Å². The van der Waals surface area contributed by atoms with Crippen molar-refractivity contribution < 1.29 is 22.9 Å². The van der Waals surface area contributed by atoms with E-state index in [-0.39, 0.29) is 28.8 Å². The third-order valence-corrected chi connectivity index (χ3v) is 7.69. The van der Waals surface area contributed by atoms with Crippen LogP contribution in [0.5, 0.6) is 5.75 Å². The molecule has 194 valence electrons. The second kappa shape index (κ2) is 11.9. The van der Waals surface area contributed by atoms with Crippen LogP contribution in [0.2, 0.25) is 0 Å². The molecule has 2 aliphatic heterocycles. The van der Waals surface area contributed by atoms with Gasteiger partial charge in [0.25, 0.3) is 10.1 Å². The van der Waals surface area contributed by atoms with Crippen LogP contribution in [0, 0.1) is 25.2 Å². The van der Waals surface area contributed by atoms with E-state index in [2.05, 4.69) is 18.3 Å². The van der Waals surface area contributed by atoms with Crippen molar-refractivity contribution in [3.63, 3.8) is 0 Å². The molecule has 0 aliphatic carbocycles. The van der Waals surface area contributed by atoms with E-state index < -0.39 is 10.1 Å². The Labute approximate surface area is 213 Å². The standard InChI is InChI=1S/C20H27N3O2.C7H8O3S/c1-3-5-14-9-17(24)8-13(2)19(14)15-10-18(22-12-15)20(25)23-7-4-6-16(23)11-21;1-6-2-4-7(5-3-6)11(8,9)10/h8-9,15-16,18,22,24H,3-7,10,12H2,1-2H3;2-5H,1H3,(H,8,9,10)/t15-,16-,18-;/m0./s1. The van der Waals surface area contributed by atoms with Gasteiger partial charge in [0.05, 0.1) is 17.0 Å². The number of amides is 1. The number of phenols is 1. The quantitative estimate of drug-likeness (QED) is 0.518. The highest BCUT2D eigenvalue weighted by atomic mass is 32.2. The topological polar surface area (TPSA) is 131 Å². The summed E-state index contributed by atoms with van der Waals surface area (Å²) in [5.41, 5.74) is 4.52. The van der Waals surface area contributed by atoms with E-state index in [0.29, 0.717) is 12.3 Å². The summed E-state index contributed by atoms with van der Waals surface area (Å²) in [5, 5.41) is 22.5. The Morgan fingerprint density at radius 2 is 1.92 bits per heavy atom. The van der Waals surface area contributed by atoms with Crippen molar-refractivity contribution in [1.82, 2.24) is 10.2 Å². The smallest absolute Gasteiger partial charge is 0.294 e. The second-order valence-electron chi connectivity index (χ2n) is 9.59. The highest BCUT2D eigenvalue weighted by molar-refractivity contribution is 7.85. The number of nitrogens with one attached hydrogen (secondary N) is 1. The average Bonchev–Trinajstić information content (AvgIpc) is 3.48. The third-order valence-electron chi connectivity index (χ3n) is 6.82. The number of carbonyl (C=O) groups is 1. The van der Waals surface area contributed by atoms with Crippen LogP contribution in [0.4, 0.5) is 0 Å². The molecular formula is C27H35N3O5S. The number of carbonyl (C=O) groups excluding carboxylic acids is 1. The number of nitriles is 1. The molecule has 1 amide bonds. The SMILES string of the molecule is CCCc1cc(O)cc(C)c1[C@@H]1CN[C@H](C(=O)N2CCC[C@H]2C#N)C1.Cc1ccc(S(=O)(=O)O)cc1. The maximum Gasteiger partial charge on any atom is 0.294 e. The minimum Gasteiger partial charge on any atom is -0.508 e. The molecule has 2 aromatic rings. The lowest BCUT2D eigenvalue weighted by molar-refractivity contribution is -0.133. The predicted molar refractivity (Wildman–Crippen MR) is 137 cm³/mol. The number of likely N-dealkylation sites (tertiary alicyclic amines) is 1.